The fourth-order valence-corrected chi connectivity index (χ4v) is 2.65. The van der Waals surface area contributed by atoms with Crippen LogP contribution in [-0.4, -0.2) is 16.8 Å². The summed E-state index contributed by atoms with van der Waals surface area (Å²) in [6.07, 6.45) is 0. The van der Waals surface area contributed by atoms with E-state index in [1.807, 2.05) is 6.07 Å². The van der Waals surface area contributed by atoms with E-state index in [2.05, 4.69) is 15.9 Å². The Kier molecular flexibility index (Phi) is 5.28. The van der Waals surface area contributed by atoms with Crippen LogP contribution < -0.4 is 0 Å². The number of benzene rings is 1. The third kappa shape index (κ3) is 4.53. The molecular formula is C11H12BrFO2S. The Morgan fingerprint density at radius 2 is 2.25 bits per heavy atom. The summed E-state index contributed by atoms with van der Waals surface area (Å²) in [5, 5.41) is 8.69. The second-order valence-corrected chi connectivity index (χ2v) is 5.48. The topological polar surface area (TPSA) is 37.3 Å². The zero-order valence-corrected chi connectivity index (χ0v) is 11.1. The smallest absolute Gasteiger partial charge is 0.307 e. The molecule has 1 atom stereocenters. The first-order valence-corrected chi connectivity index (χ1v) is 6.69. The normalized spacial score (nSPS) is 12.4. The largest absolute Gasteiger partial charge is 0.481 e. The van der Waals surface area contributed by atoms with Gasteiger partial charge in [0.2, 0.25) is 0 Å². The first-order valence-electron chi connectivity index (χ1n) is 4.74. The number of hydrogen-bond acceptors (Lipinski definition) is 2. The molecule has 1 aromatic carbocycles. The summed E-state index contributed by atoms with van der Waals surface area (Å²) < 4.78 is 13.7. The molecule has 2 nitrogen and oxygen atoms in total. The number of thioether (sulfide) groups is 1. The Morgan fingerprint density at radius 1 is 1.56 bits per heavy atom. The van der Waals surface area contributed by atoms with Crippen molar-refractivity contribution in [1.82, 2.24) is 0 Å². The van der Waals surface area contributed by atoms with Crippen molar-refractivity contribution in [2.45, 2.75) is 12.7 Å². The molecule has 88 valence electrons. The van der Waals surface area contributed by atoms with Crippen LogP contribution in [0, 0.1) is 11.7 Å². The summed E-state index contributed by atoms with van der Waals surface area (Å²) in [5.74, 6) is -0.302. The van der Waals surface area contributed by atoms with E-state index < -0.39 is 5.97 Å². The highest BCUT2D eigenvalue weighted by atomic mass is 79.9. The van der Waals surface area contributed by atoms with Crippen molar-refractivity contribution in [3.8, 4) is 0 Å². The van der Waals surface area contributed by atoms with Crippen molar-refractivity contribution in [2.24, 2.45) is 5.92 Å². The molecule has 0 amide bonds. The standard InChI is InChI=1S/C11H12BrFO2S/c1-7(11(14)15)5-16-6-8-2-9(12)4-10(13)3-8/h2-4,7H,5-6H2,1H3,(H,14,15). The Labute approximate surface area is 106 Å². The van der Waals surface area contributed by atoms with Gasteiger partial charge in [0, 0.05) is 16.0 Å². The highest BCUT2D eigenvalue weighted by Crippen LogP contribution is 2.20. The van der Waals surface area contributed by atoms with E-state index in [0.717, 1.165) is 5.56 Å². The van der Waals surface area contributed by atoms with Crippen LogP contribution in [0.5, 0.6) is 0 Å². The molecule has 1 aromatic rings. The van der Waals surface area contributed by atoms with Gasteiger partial charge in [-0.15, -0.1) is 0 Å². The molecule has 1 rings (SSSR count). The highest BCUT2D eigenvalue weighted by Gasteiger charge is 2.10. The fraction of sp³-hybridized carbons (Fsp3) is 0.364. The summed E-state index contributed by atoms with van der Waals surface area (Å²) >= 11 is 4.71. The maximum Gasteiger partial charge on any atom is 0.307 e. The second kappa shape index (κ2) is 6.25. The minimum atomic E-state index is -0.798. The third-order valence-electron chi connectivity index (χ3n) is 1.98. The van der Waals surface area contributed by atoms with E-state index in [1.165, 1.54) is 23.9 Å². The van der Waals surface area contributed by atoms with Crippen LogP contribution >= 0.6 is 27.7 Å². The lowest BCUT2D eigenvalue weighted by atomic mass is 10.2. The number of aliphatic carboxylic acids is 1. The molecule has 0 saturated carbocycles. The first-order chi connectivity index (χ1) is 7.49. The monoisotopic (exact) mass is 306 g/mol. The molecule has 0 spiro atoms. The van der Waals surface area contributed by atoms with Gasteiger partial charge < -0.3 is 5.11 Å². The van der Waals surface area contributed by atoms with Gasteiger partial charge in [-0.3, -0.25) is 4.79 Å². The fourth-order valence-electron chi connectivity index (χ4n) is 1.12. The van der Waals surface area contributed by atoms with E-state index in [1.54, 1.807) is 6.92 Å². The second-order valence-electron chi connectivity index (χ2n) is 3.53. The predicted molar refractivity (Wildman–Crippen MR) is 67.1 cm³/mol. The van der Waals surface area contributed by atoms with E-state index in [9.17, 15) is 9.18 Å². The van der Waals surface area contributed by atoms with Crippen LogP contribution in [0.15, 0.2) is 22.7 Å². The maximum atomic E-state index is 13.0. The van der Waals surface area contributed by atoms with Crippen molar-refractivity contribution in [2.75, 3.05) is 5.75 Å². The van der Waals surface area contributed by atoms with Crippen molar-refractivity contribution in [3.05, 3.63) is 34.1 Å². The van der Waals surface area contributed by atoms with Gasteiger partial charge in [-0.05, 0) is 23.8 Å². The number of carboxylic acid groups (broad SMARTS) is 1. The number of rotatable bonds is 5. The van der Waals surface area contributed by atoms with Crippen molar-refractivity contribution in [1.29, 1.82) is 0 Å². The predicted octanol–water partition coefficient (Wildman–Crippen LogP) is 3.54. The van der Waals surface area contributed by atoms with Crippen LogP contribution in [-0.2, 0) is 10.5 Å². The van der Waals surface area contributed by atoms with Gasteiger partial charge in [0.1, 0.15) is 5.82 Å². The van der Waals surface area contributed by atoms with Crippen molar-refractivity contribution < 1.29 is 14.3 Å². The van der Waals surface area contributed by atoms with E-state index in [-0.39, 0.29) is 11.7 Å². The number of halogens is 2. The van der Waals surface area contributed by atoms with Gasteiger partial charge in [-0.25, -0.2) is 4.39 Å². The average molecular weight is 307 g/mol. The minimum Gasteiger partial charge on any atom is -0.481 e. The van der Waals surface area contributed by atoms with E-state index in [4.69, 9.17) is 5.11 Å². The van der Waals surface area contributed by atoms with Crippen LogP contribution in [0.1, 0.15) is 12.5 Å². The quantitative estimate of drug-likeness (QED) is 0.904. The highest BCUT2D eigenvalue weighted by molar-refractivity contribution is 9.10. The van der Waals surface area contributed by atoms with Gasteiger partial charge >= 0.3 is 5.97 Å². The molecular weight excluding hydrogens is 295 g/mol. The SMILES string of the molecule is CC(CSCc1cc(F)cc(Br)c1)C(=O)O. The molecule has 0 aromatic heterocycles. The van der Waals surface area contributed by atoms with Crippen LogP contribution in [0.3, 0.4) is 0 Å². The van der Waals surface area contributed by atoms with Crippen molar-refractivity contribution in [3.63, 3.8) is 0 Å². The molecule has 5 heteroatoms. The Morgan fingerprint density at radius 3 is 2.81 bits per heavy atom. The van der Waals surface area contributed by atoms with E-state index >= 15 is 0 Å². The molecule has 0 radical (unpaired) electrons. The average Bonchev–Trinajstić information content (AvgIpc) is 2.15. The molecule has 0 heterocycles. The lowest BCUT2D eigenvalue weighted by Gasteiger charge is -2.06. The van der Waals surface area contributed by atoms with Crippen molar-refractivity contribution >= 4 is 33.7 Å². The van der Waals surface area contributed by atoms with Gasteiger partial charge in [0.15, 0.2) is 0 Å². The van der Waals surface area contributed by atoms with Crippen LogP contribution in [0.4, 0.5) is 4.39 Å². The van der Waals surface area contributed by atoms with Crippen LogP contribution in [0.2, 0.25) is 0 Å². The number of carboxylic acids is 1. The first kappa shape index (κ1) is 13.5. The summed E-state index contributed by atoms with van der Waals surface area (Å²) in [6, 6.07) is 4.69. The zero-order valence-electron chi connectivity index (χ0n) is 8.74. The molecule has 0 aliphatic rings. The summed E-state index contributed by atoms with van der Waals surface area (Å²) in [6.45, 7) is 1.66. The Balaban J connectivity index is 2.46. The summed E-state index contributed by atoms with van der Waals surface area (Å²) in [4.78, 5) is 10.6. The molecule has 0 fully saturated rings. The summed E-state index contributed by atoms with van der Waals surface area (Å²) in [5.41, 5.74) is 0.856. The maximum absolute atomic E-state index is 13.0. The molecule has 0 aliphatic carbocycles. The van der Waals surface area contributed by atoms with Gasteiger partial charge in [-0.2, -0.15) is 11.8 Å². The molecule has 0 bridgehead atoms. The molecule has 1 unspecified atom stereocenters. The Hall–Kier alpha value is -0.550. The Bertz CT molecular complexity index is 364. The number of hydrogen-bond donors (Lipinski definition) is 1. The summed E-state index contributed by atoms with van der Waals surface area (Å²) in [7, 11) is 0. The van der Waals surface area contributed by atoms with E-state index in [0.29, 0.717) is 16.0 Å². The molecule has 1 N–H and O–H groups in total. The third-order valence-corrected chi connectivity index (χ3v) is 3.71. The van der Waals surface area contributed by atoms with Gasteiger partial charge in [0.05, 0.1) is 5.92 Å². The zero-order chi connectivity index (χ0) is 12.1. The lowest BCUT2D eigenvalue weighted by Crippen LogP contribution is -2.11. The van der Waals surface area contributed by atoms with Gasteiger partial charge in [0.25, 0.3) is 0 Å². The molecule has 0 saturated heterocycles. The molecule has 0 aliphatic heterocycles. The number of carbonyl (C=O) groups is 1. The minimum absolute atomic E-state index is 0.281. The van der Waals surface area contributed by atoms with Gasteiger partial charge in [-0.1, -0.05) is 22.9 Å². The molecule has 16 heavy (non-hydrogen) atoms. The van der Waals surface area contributed by atoms with Crippen LogP contribution in [0.25, 0.3) is 0 Å². The lowest BCUT2D eigenvalue weighted by molar-refractivity contribution is -0.140.